The van der Waals surface area contributed by atoms with Gasteiger partial charge in [0.25, 0.3) is 5.91 Å². The number of furan rings is 1. The number of nitrogens with two attached hydrogens (primary N) is 2. The van der Waals surface area contributed by atoms with Gasteiger partial charge in [0.05, 0.1) is 11.3 Å². The number of amides is 2. The molecule has 0 aliphatic heterocycles. The van der Waals surface area contributed by atoms with Crippen molar-refractivity contribution in [1.82, 2.24) is 10.9 Å². The van der Waals surface area contributed by atoms with Crippen LogP contribution in [-0.2, 0) is 6.42 Å². The molecule has 1 aliphatic carbocycles. The fourth-order valence-electron chi connectivity index (χ4n) is 3.42. The molecule has 0 saturated carbocycles. The van der Waals surface area contributed by atoms with Crippen LogP contribution in [0.2, 0.25) is 0 Å². The van der Waals surface area contributed by atoms with E-state index < -0.39 is 11.8 Å². The van der Waals surface area contributed by atoms with Crippen LogP contribution in [0.4, 0.5) is 0 Å². The molecule has 2 aromatic rings. The number of nitrogens with one attached hydrogen (secondary N) is 2. The van der Waals surface area contributed by atoms with Crippen molar-refractivity contribution >= 4 is 39.4 Å². The number of fused-ring (bicyclic) bond motifs is 1. The lowest BCUT2D eigenvalue weighted by Crippen LogP contribution is -2.41. The SMILES string of the molecule is Cc1c(C(=O)NNC(=O)c2ccccc2Br)oc2c1/C(=N\N=C(N)N)CC(C)(C)C2. The molecule has 10 heteroatoms. The van der Waals surface area contributed by atoms with E-state index in [1.165, 1.54) is 0 Å². The molecule has 158 valence electrons. The smallest absolute Gasteiger partial charge is 0.305 e. The Kier molecular flexibility index (Phi) is 5.97. The minimum Gasteiger partial charge on any atom is -0.455 e. The predicted octanol–water partition coefficient (Wildman–Crippen LogP) is 2.38. The molecule has 0 radical (unpaired) electrons. The fourth-order valence-corrected chi connectivity index (χ4v) is 3.88. The number of nitrogens with zero attached hydrogens (tertiary/aromatic N) is 2. The molecule has 1 aliphatic rings. The number of carbonyl (C=O) groups excluding carboxylic acids is 2. The van der Waals surface area contributed by atoms with Crippen LogP contribution in [-0.4, -0.2) is 23.5 Å². The first kappa shape index (κ1) is 21.6. The summed E-state index contributed by atoms with van der Waals surface area (Å²) < 4.78 is 6.48. The molecule has 0 saturated heterocycles. The second kappa shape index (κ2) is 8.31. The summed E-state index contributed by atoms with van der Waals surface area (Å²) in [6, 6.07) is 6.89. The average Bonchev–Trinajstić information content (AvgIpc) is 2.99. The van der Waals surface area contributed by atoms with Crippen molar-refractivity contribution in [3.05, 3.63) is 56.9 Å². The topological polar surface area (TPSA) is 148 Å². The number of benzene rings is 1. The lowest BCUT2D eigenvalue weighted by molar-refractivity contribution is 0.0828. The summed E-state index contributed by atoms with van der Waals surface area (Å²) in [6.45, 7) is 5.89. The number of hydrogen-bond donors (Lipinski definition) is 4. The van der Waals surface area contributed by atoms with Crippen LogP contribution in [0.25, 0.3) is 0 Å². The van der Waals surface area contributed by atoms with E-state index in [9.17, 15) is 9.59 Å². The van der Waals surface area contributed by atoms with Crippen LogP contribution >= 0.6 is 15.9 Å². The Morgan fingerprint density at radius 2 is 1.80 bits per heavy atom. The van der Waals surface area contributed by atoms with Crippen LogP contribution < -0.4 is 22.3 Å². The monoisotopic (exact) mass is 474 g/mol. The summed E-state index contributed by atoms with van der Waals surface area (Å²) in [5.74, 6) is -0.443. The molecule has 30 heavy (non-hydrogen) atoms. The van der Waals surface area contributed by atoms with Crippen molar-refractivity contribution in [2.75, 3.05) is 0 Å². The second-order valence-corrected chi connectivity index (χ2v) is 8.69. The molecule has 3 rings (SSSR count). The third-order valence-electron chi connectivity index (χ3n) is 4.69. The van der Waals surface area contributed by atoms with Gasteiger partial charge >= 0.3 is 5.91 Å². The van der Waals surface area contributed by atoms with Gasteiger partial charge in [-0.1, -0.05) is 26.0 Å². The highest BCUT2D eigenvalue weighted by Gasteiger charge is 2.36. The molecule has 2 amide bonds. The van der Waals surface area contributed by atoms with E-state index in [0.717, 1.165) is 5.56 Å². The Balaban J connectivity index is 1.85. The fraction of sp³-hybridized carbons (Fsp3) is 0.300. The van der Waals surface area contributed by atoms with Crippen LogP contribution in [0.3, 0.4) is 0 Å². The van der Waals surface area contributed by atoms with Crippen molar-refractivity contribution in [1.29, 1.82) is 0 Å². The van der Waals surface area contributed by atoms with Gasteiger partial charge in [-0.05, 0) is 46.8 Å². The van der Waals surface area contributed by atoms with Gasteiger partial charge in [-0.2, -0.15) is 5.10 Å². The summed E-state index contributed by atoms with van der Waals surface area (Å²) >= 11 is 3.31. The van der Waals surface area contributed by atoms with Crippen LogP contribution in [0.15, 0.2) is 43.4 Å². The molecule has 0 unspecified atom stereocenters. The zero-order chi connectivity index (χ0) is 22.1. The van der Waals surface area contributed by atoms with Crippen molar-refractivity contribution in [2.45, 2.75) is 33.6 Å². The maximum Gasteiger partial charge on any atom is 0.305 e. The highest BCUT2D eigenvalue weighted by Crippen LogP contribution is 2.38. The Labute approximate surface area is 182 Å². The summed E-state index contributed by atoms with van der Waals surface area (Å²) in [6.07, 6.45) is 1.25. The molecular formula is C20H23BrN6O3. The van der Waals surface area contributed by atoms with E-state index in [2.05, 4.69) is 50.8 Å². The molecule has 1 aromatic carbocycles. The predicted molar refractivity (Wildman–Crippen MR) is 117 cm³/mol. The minimum atomic E-state index is -0.568. The molecule has 6 N–H and O–H groups in total. The zero-order valence-electron chi connectivity index (χ0n) is 16.9. The average molecular weight is 475 g/mol. The van der Waals surface area contributed by atoms with Crippen molar-refractivity contribution < 1.29 is 14.0 Å². The number of hydrogen-bond acceptors (Lipinski definition) is 5. The minimum absolute atomic E-state index is 0.0996. The Morgan fingerprint density at radius 1 is 1.13 bits per heavy atom. The number of halogens is 1. The number of hydrazine groups is 1. The third kappa shape index (κ3) is 4.54. The van der Waals surface area contributed by atoms with Gasteiger partial charge < -0.3 is 15.9 Å². The first-order chi connectivity index (χ1) is 14.1. The van der Waals surface area contributed by atoms with Crippen molar-refractivity contribution in [3.63, 3.8) is 0 Å². The first-order valence-corrected chi connectivity index (χ1v) is 10.0. The molecule has 1 heterocycles. The molecule has 0 spiro atoms. The Morgan fingerprint density at radius 3 is 2.47 bits per heavy atom. The maximum absolute atomic E-state index is 12.7. The standard InChI is InChI=1S/C20H23BrN6O3/c1-10-15-13(24-27-19(22)23)8-20(2,3)9-14(15)30-16(10)18(29)26-25-17(28)11-6-4-5-7-12(11)21/h4-7H,8-9H2,1-3H3,(H,25,28)(H,26,29)(H4,22,23,27)/b24-13-. The van der Waals surface area contributed by atoms with E-state index >= 15 is 0 Å². The lowest BCUT2D eigenvalue weighted by Gasteiger charge is -2.29. The number of guanidine groups is 1. The quantitative estimate of drug-likeness (QED) is 0.306. The number of carbonyl (C=O) groups is 2. The van der Waals surface area contributed by atoms with Gasteiger partial charge in [-0.3, -0.25) is 20.4 Å². The van der Waals surface area contributed by atoms with Crippen LogP contribution in [0.5, 0.6) is 0 Å². The van der Waals surface area contributed by atoms with Gasteiger partial charge in [0.1, 0.15) is 5.76 Å². The highest BCUT2D eigenvalue weighted by molar-refractivity contribution is 9.10. The first-order valence-electron chi connectivity index (χ1n) is 9.22. The van der Waals surface area contributed by atoms with Crippen molar-refractivity contribution in [2.24, 2.45) is 27.1 Å². The molecular weight excluding hydrogens is 452 g/mol. The number of rotatable bonds is 3. The zero-order valence-corrected chi connectivity index (χ0v) is 18.5. The highest BCUT2D eigenvalue weighted by atomic mass is 79.9. The molecule has 0 bridgehead atoms. The van der Waals surface area contributed by atoms with Gasteiger partial charge in [0, 0.05) is 22.0 Å². The Hall–Kier alpha value is -3.14. The lowest BCUT2D eigenvalue weighted by atomic mass is 9.75. The van der Waals surface area contributed by atoms with E-state index in [-0.39, 0.29) is 17.1 Å². The molecule has 0 fully saturated rings. The summed E-state index contributed by atoms with van der Waals surface area (Å²) in [4.78, 5) is 25.0. The van der Waals surface area contributed by atoms with E-state index in [0.29, 0.717) is 39.9 Å². The van der Waals surface area contributed by atoms with Gasteiger partial charge in [-0.15, -0.1) is 5.10 Å². The van der Waals surface area contributed by atoms with E-state index in [1.807, 2.05) is 0 Å². The second-order valence-electron chi connectivity index (χ2n) is 7.83. The van der Waals surface area contributed by atoms with E-state index in [4.69, 9.17) is 15.9 Å². The third-order valence-corrected chi connectivity index (χ3v) is 5.39. The maximum atomic E-state index is 12.7. The van der Waals surface area contributed by atoms with E-state index in [1.54, 1.807) is 31.2 Å². The normalized spacial score (nSPS) is 15.9. The van der Waals surface area contributed by atoms with Crippen LogP contribution in [0, 0.1) is 12.3 Å². The summed E-state index contributed by atoms with van der Waals surface area (Å²) in [5.41, 5.74) is 17.8. The van der Waals surface area contributed by atoms with Gasteiger partial charge in [-0.25, -0.2) is 0 Å². The largest absolute Gasteiger partial charge is 0.455 e. The molecule has 9 nitrogen and oxygen atoms in total. The van der Waals surface area contributed by atoms with Crippen molar-refractivity contribution in [3.8, 4) is 0 Å². The van der Waals surface area contributed by atoms with Gasteiger partial charge in [0.15, 0.2) is 5.76 Å². The molecule has 0 atom stereocenters. The van der Waals surface area contributed by atoms with Crippen LogP contribution in [0.1, 0.15) is 58.1 Å². The summed E-state index contributed by atoms with van der Waals surface area (Å²) in [7, 11) is 0. The van der Waals surface area contributed by atoms with Gasteiger partial charge in [0.2, 0.25) is 5.96 Å². The molecule has 1 aromatic heterocycles. The summed E-state index contributed by atoms with van der Waals surface area (Å²) in [5, 5.41) is 7.93. The Bertz CT molecular complexity index is 1070.